The van der Waals surface area contributed by atoms with Crippen LogP contribution in [-0.2, 0) is 52.7 Å². The zero-order valence-electron chi connectivity index (χ0n) is 64.1. The number of aliphatic hydroxyl groups excluding tert-OH is 1. The maximum Gasteiger partial charge on any atom is 0.305 e. The van der Waals surface area contributed by atoms with E-state index in [2.05, 4.69) is 83.8 Å². The number of hydrogen-bond acceptors (Lipinski definition) is 10. The molecule has 2 rings (SSSR count). The van der Waals surface area contributed by atoms with Crippen molar-refractivity contribution < 1.29 is 38.5 Å². The average Bonchev–Trinajstić information content (AvgIpc) is 0.966. The Kier molecular flexibility index (Phi) is 62.3. The van der Waals surface area contributed by atoms with Crippen LogP contribution in [0.15, 0.2) is 54.2 Å². The Labute approximate surface area is 612 Å². The third-order valence-corrected chi connectivity index (χ3v) is 21.6. The highest BCUT2D eigenvalue weighted by molar-refractivity contribution is 9.09. The number of nitrogens with zero attached hydrogens (tertiary/aromatic N) is 1. The van der Waals surface area contributed by atoms with Crippen molar-refractivity contribution in [3.05, 3.63) is 70.8 Å². The number of aliphatic hydroxyl groups is 1. The van der Waals surface area contributed by atoms with Gasteiger partial charge in [0.15, 0.2) is 0 Å². The number of benzene rings is 1. The van der Waals surface area contributed by atoms with E-state index in [4.69, 9.17) is 14.2 Å². The molecule has 1 aliphatic carbocycles. The average molecular weight is 1440 g/mol. The summed E-state index contributed by atoms with van der Waals surface area (Å²) in [7, 11) is 0. The lowest BCUT2D eigenvalue weighted by molar-refractivity contribution is -0.144. The first kappa shape index (κ1) is 91.0. The second kappa shape index (κ2) is 67.1. The van der Waals surface area contributed by atoms with Crippen LogP contribution in [0.5, 0.6) is 0 Å². The molecule has 0 aliphatic heterocycles. The number of halogens is 1. The molecule has 2 atom stereocenters. The van der Waals surface area contributed by atoms with Crippen LogP contribution in [0.1, 0.15) is 378 Å². The molecule has 2 unspecified atom stereocenters. The highest BCUT2D eigenvalue weighted by Crippen LogP contribution is 2.47. The summed E-state index contributed by atoms with van der Waals surface area (Å²) in [5.41, 5.74) is 7.40. The second-order valence-electron chi connectivity index (χ2n) is 29.5. The first-order valence-electron chi connectivity index (χ1n) is 41.8. The van der Waals surface area contributed by atoms with Crippen molar-refractivity contribution in [3.63, 3.8) is 0 Å². The highest BCUT2D eigenvalue weighted by atomic mass is 79.9. The molecule has 0 spiro atoms. The monoisotopic (exact) mass is 1430 g/mol. The van der Waals surface area contributed by atoms with E-state index in [9.17, 15) is 24.3 Å². The fourth-order valence-electron chi connectivity index (χ4n) is 14.9. The quantitative estimate of drug-likeness (QED) is 0.0162. The molecule has 11 heteroatoms. The lowest BCUT2D eigenvalue weighted by Gasteiger charge is -2.44. The second-order valence-corrected chi connectivity index (χ2v) is 30.3. The molecule has 566 valence electrons. The first-order chi connectivity index (χ1) is 48.2. The van der Waals surface area contributed by atoms with E-state index in [1.165, 1.54) is 227 Å². The highest BCUT2D eigenvalue weighted by Gasteiger charge is 2.37. The molecule has 10 nitrogen and oxygen atoms in total. The number of aldehydes is 1. The summed E-state index contributed by atoms with van der Waals surface area (Å²) in [6.45, 7) is 18.0. The smallest absolute Gasteiger partial charge is 0.305 e. The van der Waals surface area contributed by atoms with Gasteiger partial charge in [-0.1, -0.05) is 247 Å². The minimum absolute atomic E-state index is 0.0244. The standard InChI is InChI=1S/C87H153BrN2O8/c1-5-9-12-13-18-32-46-74-96-84(93)56-35-24-20-28-42-69-90(70-43-29-21-25-36-57-85(94)97-75-47-38-53-80(51-11-7-3)79(49-8-4)50-10-6-2)71-61-83(55-33-22-14-16-30-44-72-91)87(65-68-89-67-41-27-15-17-31-45-73-92)63-39-37-52-81-60-59-78(77-82(81)54-48-64-87)62-76-98-86(95)58-34-23-19-26-40-66-88/h8,49,53,59-60,73,77,83,89,91H,4-7,9-48,50-52,54-58,61-72,74-76H2,1-3H3/b79-49-,80-53-. The third kappa shape index (κ3) is 50.3. The molecular weight excluding hydrogens is 1280 g/mol. The minimum Gasteiger partial charge on any atom is -0.466 e. The van der Waals surface area contributed by atoms with E-state index in [-0.39, 0.29) is 29.9 Å². The molecule has 0 saturated carbocycles. The van der Waals surface area contributed by atoms with Crippen molar-refractivity contribution in [3.8, 4) is 0 Å². The number of esters is 3. The van der Waals surface area contributed by atoms with Gasteiger partial charge in [-0.15, -0.1) is 0 Å². The van der Waals surface area contributed by atoms with Crippen LogP contribution < -0.4 is 5.32 Å². The van der Waals surface area contributed by atoms with Crippen LogP contribution in [0.2, 0.25) is 0 Å². The van der Waals surface area contributed by atoms with E-state index in [1.54, 1.807) is 0 Å². The Hall–Kier alpha value is -3.12. The Morgan fingerprint density at radius 1 is 0.531 bits per heavy atom. The van der Waals surface area contributed by atoms with Crippen LogP contribution in [0, 0.1) is 11.3 Å². The summed E-state index contributed by atoms with van der Waals surface area (Å²) < 4.78 is 17.2. The summed E-state index contributed by atoms with van der Waals surface area (Å²) in [5.74, 6) is 0.491. The van der Waals surface area contributed by atoms with Crippen molar-refractivity contribution in [2.24, 2.45) is 11.3 Å². The van der Waals surface area contributed by atoms with E-state index in [0.717, 1.165) is 179 Å². The number of carbonyl (C=O) groups is 4. The lowest BCUT2D eigenvalue weighted by atomic mass is 9.63. The number of unbranched alkanes of at least 4 members (excludes halogenated alkanes) is 31. The lowest BCUT2D eigenvalue weighted by Crippen LogP contribution is -2.38. The van der Waals surface area contributed by atoms with Gasteiger partial charge in [0, 0.05) is 44.0 Å². The van der Waals surface area contributed by atoms with Crippen LogP contribution >= 0.6 is 15.9 Å². The molecule has 1 aromatic carbocycles. The Bertz CT molecular complexity index is 2130. The van der Waals surface area contributed by atoms with Gasteiger partial charge in [0.1, 0.15) is 6.29 Å². The van der Waals surface area contributed by atoms with Crippen LogP contribution in [0.4, 0.5) is 0 Å². The molecular formula is C87H153BrN2O8. The number of carbonyl (C=O) groups excluding carboxylic acids is 4. The summed E-state index contributed by atoms with van der Waals surface area (Å²) in [5, 5.41) is 14.6. The maximum absolute atomic E-state index is 12.9. The third-order valence-electron chi connectivity index (χ3n) is 21.1. The molecule has 0 radical (unpaired) electrons. The van der Waals surface area contributed by atoms with Gasteiger partial charge in [-0.25, -0.2) is 0 Å². The van der Waals surface area contributed by atoms with Gasteiger partial charge in [0.05, 0.1) is 19.8 Å². The largest absolute Gasteiger partial charge is 0.466 e. The van der Waals surface area contributed by atoms with Gasteiger partial charge >= 0.3 is 17.9 Å². The molecule has 1 aliphatic rings. The van der Waals surface area contributed by atoms with Crippen LogP contribution in [0.25, 0.3) is 0 Å². The van der Waals surface area contributed by atoms with Crippen molar-refractivity contribution in [1.82, 2.24) is 10.2 Å². The molecule has 0 heterocycles. The first-order valence-corrected chi connectivity index (χ1v) is 42.9. The number of rotatable bonds is 69. The molecule has 1 aromatic rings. The number of alkyl halides is 1. The summed E-state index contributed by atoms with van der Waals surface area (Å²) in [4.78, 5) is 52.1. The summed E-state index contributed by atoms with van der Waals surface area (Å²) in [6, 6.07) is 7.15. The predicted octanol–water partition coefficient (Wildman–Crippen LogP) is 23.8. The van der Waals surface area contributed by atoms with Crippen molar-refractivity contribution >= 4 is 40.1 Å². The minimum atomic E-state index is -0.0599. The van der Waals surface area contributed by atoms with Crippen molar-refractivity contribution in [1.29, 1.82) is 0 Å². The molecule has 2 N–H and O–H groups in total. The van der Waals surface area contributed by atoms with E-state index < -0.39 is 0 Å². The number of allylic oxidation sites excluding steroid dienone is 5. The number of ether oxygens (including phenoxy) is 3. The fraction of sp³-hybridized carbons (Fsp3) is 0.816. The predicted molar refractivity (Wildman–Crippen MR) is 421 cm³/mol. The molecule has 98 heavy (non-hydrogen) atoms. The van der Waals surface area contributed by atoms with E-state index in [0.29, 0.717) is 51.4 Å². The fourth-order valence-corrected chi connectivity index (χ4v) is 15.3. The molecule has 0 amide bonds. The molecule has 0 saturated heterocycles. The Balaban J connectivity index is 2.27. The van der Waals surface area contributed by atoms with Gasteiger partial charge in [-0.3, -0.25) is 14.4 Å². The van der Waals surface area contributed by atoms with Crippen LogP contribution in [-0.4, -0.2) is 98.7 Å². The van der Waals surface area contributed by atoms with Crippen molar-refractivity contribution in [2.45, 2.75) is 380 Å². The Morgan fingerprint density at radius 3 is 1.68 bits per heavy atom. The van der Waals surface area contributed by atoms with E-state index >= 15 is 0 Å². The van der Waals surface area contributed by atoms with Gasteiger partial charge < -0.3 is 34.3 Å². The van der Waals surface area contributed by atoms with E-state index in [1.807, 2.05) is 6.08 Å². The summed E-state index contributed by atoms with van der Waals surface area (Å²) >= 11 is 3.53. The number of hydrogen-bond donors (Lipinski definition) is 2. The SMILES string of the molecule is C=C/C=C(CCCC)\C(=C/CCCOC(=O)CCCCCCCN(CCCCCCCC(=O)OCCCCCCCCC)CCC(CCCCCCCCO)C1(CCNCCCCCCCC=O)CCCCc2ccc(CCOC(=O)CCCCCCCBr)cc2CCC1)CCCC. The van der Waals surface area contributed by atoms with Gasteiger partial charge in [0.2, 0.25) is 0 Å². The zero-order chi connectivity index (χ0) is 70.7. The topological polar surface area (TPSA) is 131 Å². The summed E-state index contributed by atoms with van der Waals surface area (Å²) in [6.07, 6.45) is 69.2. The molecule has 0 aromatic heterocycles. The van der Waals surface area contributed by atoms with Gasteiger partial charge in [-0.05, 0) is 232 Å². The zero-order valence-corrected chi connectivity index (χ0v) is 65.7. The number of fused-ring (bicyclic) bond motifs is 1. The van der Waals surface area contributed by atoms with Gasteiger partial charge in [-0.2, -0.15) is 0 Å². The molecule has 0 fully saturated rings. The van der Waals surface area contributed by atoms with Crippen LogP contribution in [0.3, 0.4) is 0 Å². The van der Waals surface area contributed by atoms with Crippen molar-refractivity contribution in [2.75, 3.05) is 64.5 Å². The normalized spacial score (nSPS) is 14.9. The van der Waals surface area contributed by atoms with Gasteiger partial charge in [0.25, 0.3) is 0 Å². The number of nitrogens with one attached hydrogen (secondary N) is 1. The maximum atomic E-state index is 12.9. The molecule has 0 bridgehead atoms. The Morgan fingerprint density at radius 2 is 1.06 bits per heavy atom. The number of aryl methyl sites for hydroxylation is 2.